The van der Waals surface area contributed by atoms with Crippen LogP contribution in [0.4, 0.5) is 0 Å². The Morgan fingerprint density at radius 1 is 1.44 bits per heavy atom. The first kappa shape index (κ1) is 10.5. The molecule has 1 N–H and O–H groups in total. The van der Waals surface area contributed by atoms with Crippen LogP contribution in [-0.2, 0) is 6.54 Å². The van der Waals surface area contributed by atoms with E-state index in [1.165, 1.54) is 0 Å². The number of rotatable bonds is 3. The van der Waals surface area contributed by atoms with Crippen molar-refractivity contribution in [1.29, 1.82) is 0 Å². The Hall–Kier alpha value is -1.97. The van der Waals surface area contributed by atoms with Gasteiger partial charge < -0.3 is 9.84 Å². The molecule has 0 spiro atoms. The average molecular weight is 218 g/mol. The molecule has 1 heterocycles. The number of benzene rings is 1. The lowest BCUT2D eigenvalue weighted by atomic mass is 10.1. The maximum Gasteiger partial charge on any atom is 0.130 e. The molecule has 4 nitrogen and oxygen atoms in total. The number of aromatic nitrogens is 2. The third kappa shape index (κ3) is 1.86. The fourth-order valence-electron chi connectivity index (χ4n) is 1.59. The Balaban J connectivity index is 2.46. The van der Waals surface area contributed by atoms with Crippen molar-refractivity contribution in [2.75, 3.05) is 7.11 Å². The predicted octanol–water partition coefficient (Wildman–Crippen LogP) is 2.28. The summed E-state index contributed by atoms with van der Waals surface area (Å²) in [5.41, 5.74) is 1.92. The Kier molecular flexibility index (Phi) is 2.81. The molecule has 1 aromatic carbocycles. The molecule has 2 rings (SSSR count). The highest BCUT2D eigenvalue weighted by Crippen LogP contribution is 2.32. The Morgan fingerprint density at radius 2 is 2.25 bits per heavy atom. The monoisotopic (exact) mass is 218 g/mol. The lowest BCUT2D eigenvalue weighted by Gasteiger charge is -2.06. The van der Waals surface area contributed by atoms with Crippen molar-refractivity contribution in [2.24, 2.45) is 0 Å². The highest BCUT2D eigenvalue weighted by atomic mass is 16.5. The molecule has 16 heavy (non-hydrogen) atoms. The molecule has 0 saturated carbocycles. The van der Waals surface area contributed by atoms with E-state index in [1.807, 2.05) is 23.9 Å². The number of hydrogen-bond donors (Lipinski definition) is 1. The van der Waals surface area contributed by atoms with Crippen LogP contribution in [0.1, 0.15) is 6.92 Å². The lowest BCUT2D eigenvalue weighted by Crippen LogP contribution is -1.92. The maximum absolute atomic E-state index is 9.37. The fourth-order valence-corrected chi connectivity index (χ4v) is 1.59. The van der Waals surface area contributed by atoms with Crippen molar-refractivity contribution >= 4 is 0 Å². The number of aromatic hydroxyl groups is 1. The Labute approximate surface area is 94.1 Å². The summed E-state index contributed by atoms with van der Waals surface area (Å²) in [7, 11) is 1.59. The second-order valence-corrected chi connectivity index (χ2v) is 3.47. The number of ether oxygens (including phenoxy) is 1. The largest absolute Gasteiger partial charge is 0.508 e. The van der Waals surface area contributed by atoms with E-state index in [0.717, 1.165) is 17.7 Å². The number of nitrogens with zero attached hydrogens (tertiary/aromatic N) is 2. The van der Waals surface area contributed by atoms with Crippen molar-refractivity contribution in [3.8, 4) is 22.6 Å². The molecule has 0 aliphatic heterocycles. The summed E-state index contributed by atoms with van der Waals surface area (Å²) >= 11 is 0. The second kappa shape index (κ2) is 4.26. The van der Waals surface area contributed by atoms with Gasteiger partial charge in [0.1, 0.15) is 11.5 Å². The van der Waals surface area contributed by atoms with E-state index in [-0.39, 0.29) is 5.75 Å². The number of methoxy groups -OCH3 is 1. The normalized spacial score (nSPS) is 10.4. The summed E-state index contributed by atoms with van der Waals surface area (Å²) in [5.74, 6) is 0.846. The van der Waals surface area contributed by atoms with Crippen molar-refractivity contribution in [3.05, 3.63) is 30.6 Å². The number of phenols is 1. The average Bonchev–Trinajstić information content (AvgIpc) is 2.77. The summed E-state index contributed by atoms with van der Waals surface area (Å²) in [4.78, 5) is 0. The summed E-state index contributed by atoms with van der Waals surface area (Å²) in [6.45, 7) is 2.87. The van der Waals surface area contributed by atoms with Gasteiger partial charge in [-0.2, -0.15) is 5.10 Å². The van der Waals surface area contributed by atoms with Crippen LogP contribution in [0.5, 0.6) is 11.5 Å². The number of hydrogen-bond acceptors (Lipinski definition) is 3. The van der Waals surface area contributed by atoms with E-state index in [2.05, 4.69) is 5.10 Å². The molecule has 0 aliphatic rings. The molecule has 2 aromatic rings. The number of aryl methyl sites for hydroxylation is 1. The van der Waals surface area contributed by atoms with E-state index in [4.69, 9.17) is 4.74 Å². The van der Waals surface area contributed by atoms with Crippen LogP contribution >= 0.6 is 0 Å². The van der Waals surface area contributed by atoms with Crippen LogP contribution < -0.4 is 4.74 Å². The molecular weight excluding hydrogens is 204 g/mol. The molecule has 84 valence electrons. The van der Waals surface area contributed by atoms with Crippen molar-refractivity contribution in [2.45, 2.75) is 13.5 Å². The minimum absolute atomic E-state index is 0.198. The van der Waals surface area contributed by atoms with E-state index in [0.29, 0.717) is 5.75 Å². The zero-order valence-electron chi connectivity index (χ0n) is 9.34. The number of phenolic OH excluding ortho intramolecular Hbond substituents is 1. The van der Waals surface area contributed by atoms with Gasteiger partial charge in [-0.1, -0.05) is 0 Å². The van der Waals surface area contributed by atoms with E-state index < -0.39 is 0 Å². The topological polar surface area (TPSA) is 47.3 Å². The van der Waals surface area contributed by atoms with Crippen molar-refractivity contribution in [3.63, 3.8) is 0 Å². The van der Waals surface area contributed by atoms with Gasteiger partial charge in [0.25, 0.3) is 0 Å². The first-order valence-electron chi connectivity index (χ1n) is 5.14. The molecule has 0 bridgehead atoms. The van der Waals surface area contributed by atoms with E-state index in [1.54, 1.807) is 25.4 Å². The van der Waals surface area contributed by atoms with Gasteiger partial charge in [-0.25, -0.2) is 0 Å². The smallest absolute Gasteiger partial charge is 0.130 e. The molecule has 0 saturated heterocycles. The lowest BCUT2D eigenvalue weighted by molar-refractivity contribution is 0.409. The first-order valence-corrected chi connectivity index (χ1v) is 5.14. The van der Waals surface area contributed by atoms with Gasteiger partial charge in [-0.15, -0.1) is 0 Å². The van der Waals surface area contributed by atoms with Crippen LogP contribution in [0.2, 0.25) is 0 Å². The molecule has 4 heteroatoms. The molecule has 0 amide bonds. The summed E-state index contributed by atoms with van der Waals surface area (Å²) < 4.78 is 7.08. The zero-order valence-corrected chi connectivity index (χ0v) is 9.34. The van der Waals surface area contributed by atoms with Crippen LogP contribution in [0.3, 0.4) is 0 Å². The third-order valence-corrected chi connectivity index (χ3v) is 2.45. The van der Waals surface area contributed by atoms with Gasteiger partial charge >= 0.3 is 0 Å². The Morgan fingerprint density at radius 3 is 2.88 bits per heavy atom. The molecule has 0 aliphatic carbocycles. The standard InChI is InChI=1S/C12H14N2O2/c1-3-14-8-9(7-13-14)11-5-4-10(15)6-12(11)16-2/h4-8,15H,3H2,1-2H3. The molecule has 0 radical (unpaired) electrons. The predicted molar refractivity (Wildman–Crippen MR) is 61.6 cm³/mol. The first-order chi connectivity index (χ1) is 7.74. The summed E-state index contributed by atoms with van der Waals surface area (Å²) in [5, 5.41) is 13.6. The third-order valence-electron chi connectivity index (χ3n) is 2.45. The highest BCUT2D eigenvalue weighted by Gasteiger charge is 2.08. The van der Waals surface area contributed by atoms with Crippen LogP contribution in [-0.4, -0.2) is 22.0 Å². The van der Waals surface area contributed by atoms with Gasteiger partial charge in [-0.05, 0) is 19.1 Å². The Bertz CT molecular complexity index is 492. The van der Waals surface area contributed by atoms with Crippen LogP contribution in [0.15, 0.2) is 30.6 Å². The molecule has 1 aromatic heterocycles. The second-order valence-electron chi connectivity index (χ2n) is 3.47. The van der Waals surface area contributed by atoms with Crippen molar-refractivity contribution in [1.82, 2.24) is 9.78 Å². The zero-order chi connectivity index (χ0) is 11.5. The van der Waals surface area contributed by atoms with Gasteiger partial charge in [0, 0.05) is 29.9 Å². The van der Waals surface area contributed by atoms with Gasteiger partial charge in [0.05, 0.1) is 13.3 Å². The SMILES string of the molecule is CCn1cc(-c2ccc(O)cc2OC)cn1. The minimum Gasteiger partial charge on any atom is -0.508 e. The van der Waals surface area contributed by atoms with Gasteiger partial charge in [0.2, 0.25) is 0 Å². The summed E-state index contributed by atoms with van der Waals surface area (Å²) in [6.07, 6.45) is 3.74. The highest BCUT2D eigenvalue weighted by molar-refractivity contribution is 5.70. The molecular formula is C12H14N2O2. The van der Waals surface area contributed by atoms with E-state index >= 15 is 0 Å². The molecule has 0 unspecified atom stereocenters. The van der Waals surface area contributed by atoms with E-state index in [9.17, 15) is 5.11 Å². The van der Waals surface area contributed by atoms with Crippen LogP contribution in [0.25, 0.3) is 11.1 Å². The summed E-state index contributed by atoms with van der Waals surface area (Å²) in [6, 6.07) is 5.06. The maximum atomic E-state index is 9.37. The fraction of sp³-hybridized carbons (Fsp3) is 0.250. The minimum atomic E-state index is 0.198. The van der Waals surface area contributed by atoms with Gasteiger partial charge in [0.15, 0.2) is 0 Å². The van der Waals surface area contributed by atoms with Gasteiger partial charge in [-0.3, -0.25) is 4.68 Å². The molecule has 0 atom stereocenters. The molecule has 0 fully saturated rings. The van der Waals surface area contributed by atoms with Crippen LogP contribution in [0, 0.1) is 0 Å². The van der Waals surface area contributed by atoms with Crippen molar-refractivity contribution < 1.29 is 9.84 Å². The quantitative estimate of drug-likeness (QED) is 0.859.